The van der Waals surface area contributed by atoms with Gasteiger partial charge in [-0.2, -0.15) is 18.3 Å². The molecule has 1 aromatic heterocycles. The number of carboxylic acids is 1. The number of alkyl halides is 3. The first-order valence-electron chi connectivity index (χ1n) is 20.5. The molecule has 2 bridgehead atoms. The molecule has 10 nitrogen and oxygen atoms in total. The third-order valence-corrected chi connectivity index (χ3v) is 13.9. The molecule has 4 aliphatic rings. The van der Waals surface area contributed by atoms with Crippen LogP contribution in [0.3, 0.4) is 0 Å². The van der Waals surface area contributed by atoms with Crippen molar-refractivity contribution >= 4 is 34.4 Å². The van der Waals surface area contributed by atoms with Gasteiger partial charge in [-0.15, -0.1) is 0 Å². The molecule has 4 fully saturated rings. The van der Waals surface area contributed by atoms with E-state index >= 15 is 4.39 Å². The van der Waals surface area contributed by atoms with Crippen LogP contribution in [-0.2, 0) is 35.4 Å². The molecule has 4 aromatic carbocycles. The SMILES string of the molecule is COc1cc(Cn2ncc3c(-c4cccc(-c5cc(F)c(CNC[C@@H]6CCC(=O)N6)c(OC)c5)c4Cl)cccc32)c(C(F)(F)F)cc1CN(C)C12CCC(C(=O)O)(CC1)CC2. The summed E-state index contributed by atoms with van der Waals surface area (Å²) in [6, 6.07) is 16.6. The first-order valence-corrected chi connectivity index (χ1v) is 20.8. The van der Waals surface area contributed by atoms with E-state index in [1.165, 1.54) is 37.1 Å². The largest absolute Gasteiger partial charge is 0.496 e. The summed E-state index contributed by atoms with van der Waals surface area (Å²) in [5, 5.41) is 21.5. The second-order valence-corrected chi connectivity index (χ2v) is 17.1. The zero-order valence-electron chi connectivity index (χ0n) is 34.2. The van der Waals surface area contributed by atoms with E-state index in [-0.39, 0.29) is 42.7 Å². The van der Waals surface area contributed by atoms with Gasteiger partial charge < -0.3 is 25.2 Å². The number of hydrogen-bond acceptors (Lipinski definition) is 7. The van der Waals surface area contributed by atoms with Gasteiger partial charge in [0.05, 0.1) is 48.5 Å². The highest BCUT2D eigenvalue weighted by Crippen LogP contribution is 2.55. The average Bonchev–Trinajstić information content (AvgIpc) is 3.87. The summed E-state index contributed by atoms with van der Waals surface area (Å²) in [7, 11) is 4.82. The molecule has 1 saturated heterocycles. The fraction of sp³-hybridized carbons (Fsp3) is 0.413. The minimum Gasteiger partial charge on any atom is -0.496 e. The summed E-state index contributed by atoms with van der Waals surface area (Å²) in [6.07, 6.45) is 1.83. The number of carbonyl (C=O) groups is 2. The van der Waals surface area contributed by atoms with Crippen LogP contribution in [0.4, 0.5) is 17.6 Å². The Kier molecular flexibility index (Phi) is 11.6. The molecule has 3 N–H and O–H groups in total. The van der Waals surface area contributed by atoms with Crippen molar-refractivity contribution in [1.29, 1.82) is 0 Å². The van der Waals surface area contributed by atoms with Crippen molar-refractivity contribution in [2.24, 2.45) is 5.41 Å². The van der Waals surface area contributed by atoms with Gasteiger partial charge in [0.1, 0.15) is 17.3 Å². The molecule has 1 amide bonds. The normalized spacial score (nSPS) is 21.3. The van der Waals surface area contributed by atoms with Crippen LogP contribution in [0, 0.1) is 11.2 Å². The Hall–Kier alpha value is -5.18. The monoisotopic (exact) mass is 861 g/mol. The Morgan fingerprint density at radius 2 is 1.67 bits per heavy atom. The van der Waals surface area contributed by atoms with Crippen LogP contribution in [0.5, 0.6) is 11.5 Å². The van der Waals surface area contributed by atoms with Crippen molar-refractivity contribution in [1.82, 2.24) is 25.3 Å². The van der Waals surface area contributed by atoms with Crippen LogP contribution in [0.2, 0.25) is 5.02 Å². The van der Waals surface area contributed by atoms with Gasteiger partial charge in [0.15, 0.2) is 0 Å². The molecular formula is C46H48ClF4N5O5. The Morgan fingerprint density at radius 1 is 0.984 bits per heavy atom. The Bertz CT molecular complexity index is 2480. The Balaban J connectivity index is 1.06. The number of hydrogen-bond donors (Lipinski definition) is 3. The van der Waals surface area contributed by atoms with Crippen LogP contribution in [0.1, 0.15) is 73.6 Å². The van der Waals surface area contributed by atoms with Crippen LogP contribution < -0.4 is 20.1 Å². The van der Waals surface area contributed by atoms with Crippen LogP contribution in [0.25, 0.3) is 33.2 Å². The molecule has 61 heavy (non-hydrogen) atoms. The van der Waals surface area contributed by atoms with Crippen molar-refractivity contribution in [2.75, 3.05) is 27.8 Å². The number of halogens is 5. The van der Waals surface area contributed by atoms with Gasteiger partial charge in [-0.25, -0.2) is 4.39 Å². The zero-order valence-corrected chi connectivity index (χ0v) is 35.0. The summed E-state index contributed by atoms with van der Waals surface area (Å²) < 4.78 is 73.2. The molecule has 9 rings (SSSR count). The number of rotatable bonds is 14. The first-order chi connectivity index (χ1) is 29.1. The summed E-state index contributed by atoms with van der Waals surface area (Å²) in [5.74, 6) is -0.569. The standard InChI is InChI=1S/C46H48ClF4N5O5/c1-55(45-15-12-44(13-16-45,14-17-45)43(58)59)25-29-18-36(46(49,50)51)28(21-39(29)60-2)26-56-38-9-5-7-32(34(38)24-53-56)33-8-4-6-31(42(33)47)27-19-37(48)35(40(20-27)61-3)23-52-22-30-10-11-41(57)54-30/h4-9,18-21,24,30,52H,10-17,22-23,25-26H2,1-3H3,(H,54,57)(H,58,59)/t30-,44?,45?/m0/s1. The highest BCUT2D eigenvalue weighted by molar-refractivity contribution is 6.36. The van der Waals surface area contributed by atoms with E-state index < -0.39 is 28.9 Å². The second-order valence-electron chi connectivity index (χ2n) is 16.8. The van der Waals surface area contributed by atoms with Gasteiger partial charge in [-0.1, -0.05) is 41.9 Å². The number of aromatic nitrogens is 2. The van der Waals surface area contributed by atoms with E-state index in [0.29, 0.717) is 112 Å². The lowest BCUT2D eigenvalue weighted by Gasteiger charge is -2.55. The number of nitrogens with one attached hydrogen (secondary N) is 2. The highest BCUT2D eigenvalue weighted by Gasteiger charge is 2.54. The predicted molar refractivity (Wildman–Crippen MR) is 224 cm³/mol. The zero-order chi connectivity index (χ0) is 43.3. The molecular weight excluding hydrogens is 814 g/mol. The maximum Gasteiger partial charge on any atom is 0.416 e. The second kappa shape index (κ2) is 16.6. The summed E-state index contributed by atoms with van der Waals surface area (Å²) in [5.41, 5.74) is 1.94. The molecule has 1 aliphatic heterocycles. The first kappa shape index (κ1) is 42.5. The quantitative estimate of drug-likeness (QED) is 0.0947. The third kappa shape index (κ3) is 8.05. The topological polar surface area (TPSA) is 118 Å². The van der Waals surface area contributed by atoms with Crippen LogP contribution in [-0.4, -0.2) is 71.1 Å². The van der Waals surface area contributed by atoms with Gasteiger partial charge in [0.2, 0.25) is 5.91 Å². The van der Waals surface area contributed by atoms with Gasteiger partial charge in [-0.05, 0) is 99.0 Å². The fourth-order valence-corrected chi connectivity index (χ4v) is 10.1. The molecule has 5 aromatic rings. The predicted octanol–water partition coefficient (Wildman–Crippen LogP) is 9.22. The fourth-order valence-electron chi connectivity index (χ4n) is 9.77. The Labute approximate surface area is 356 Å². The maximum absolute atomic E-state index is 15.7. The maximum atomic E-state index is 15.7. The van der Waals surface area contributed by atoms with E-state index in [0.717, 1.165) is 6.42 Å². The van der Waals surface area contributed by atoms with E-state index in [9.17, 15) is 27.9 Å². The lowest BCUT2D eigenvalue weighted by Crippen LogP contribution is -2.56. The minimum atomic E-state index is -4.67. The number of amides is 1. The molecule has 322 valence electrons. The van der Waals surface area contributed by atoms with Crippen molar-refractivity contribution in [3.05, 3.63) is 100.0 Å². The van der Waals surface area contributed by atoms with E-state index in [1.54, 1.807) is 30.5 Å². The molecule has 15 heteroatoms. The number of fused-ring (bicyclic) bond motifs is 4. The number of ether oxygens (including phenoxy) is 2. The van der Waals surface area contributed by atoms with Crippen LogP contribution in [0.15, 0.2) is 66.9 Å². The van der Waals surface area contributed by atoms with Crippen molar-refractivity contribution in [2.45, 2.75) is 88.8 Å². The molecule has 2 heterocycles. The number of nitrogens with zero attached hydrogens (tertiary/aromatic N) is 3. The Morgan fingerprint density at radius 3 is 2.33 bits per heavy atom. The van der Waals surface area contributed by atoms with E-state index in [2.05, 4.69) is 20.6 Å². The lowest BCUT2D eigenvalue weighted by molar-refractivity contribution is -0.160. The number of carbonyl (C=O) groups excluding carboxylic acids is 1. The lowest BCUT2D eigenvalue weighted by atomic mass is 9.57. The molecule has 0 spiro atoms. The molecule has 1 atom stereocenters. The van der Waals surface area contributed by atoms with Gasteiger partial charge in [0.25, 0.3) is 0 Å². The smallest absolute Gasteiger partial charge is 0.416 e. The number of aliphatic carboxylic acids is 1. The number of benzene rings is 4. The van der Waals surface area contributed by atoms with Crippen molar-refractivity contribution in [3.8, 4) is 33.8 Å². The van der Waals surface area contributed by atoms with Gasteiger partial charge in [0, 0.05) is 65.3 Å². The molecule has 3 saturated carbocycles. The van der Waals surface area contributed by atoms with Crippen molar-refractivity contribution < 1.29 is 41.7 Å². The minimum absolute atomic E-state index is 0.00737. The molecule has 0 unspecified atom stereocenters. The van der Waals surface area contributed by atoms with Crippen LogP contribution >= 0.6 is 11.6 Å². The van der Waals surface area contributed by atoms with E-state index in [1.807, 2.05) is 25.2 Å². The van der Waals surface area contributed by atoms with Gasteiger partial charge in [-0.3, -0.25) is 19.2 Å². The summed E-state index contributed by atoms with van der Waals surface area (Å²) in [6.45, 7) is 0.704. The molecule has 3 aliphatic carbocycles. The van der Waals surface area contributed by atoms with Crippen molar-refractivity contribution in [3.63, 3.8) is 0 Å². The van der Waals surface area contributed by atoms with Gasteiger partial charge >= 0.3 is 12.1 Å². The summed E-state index contributed by atoms with van der Waals surface area (Å²) in [4.78, 5) is 25.7. The third-order valence-electron chi connectivity index (χ3n) is 13.4. The number of methoxy groups -OCH3 is 2. The van der Waals surface area contributed by atoms with E-state index in [4.69, 9.17) is 21.1 Å². The molecule has 0 radical (unpaired) electrons. The average molecular weight is 862 g/mol. The number of carboxylic acid groups (broad SMARTS) is 1. The highest BCUT2D eigenvalue weighted by atomic mass is 35.5. The summed E-state index contributed by atoms with van der Waals surface area (Å²) >= 11 is 7.11.